The van der Waals surface area contributed by atoms with Crippen LogP contribution >= 0.6 is 0 Å². The standard InChI is InChI=1S/C21H23NO5/c1-13(16-5-3-4-6-18(16)26-2)11-19(23)22-20(21(24)25)15-7-8-17-14(12-15)9-10-27-17/h3-8,12-13,20H,9-11H2,1-2H3,(H,22,23)(H,24,25). The Hall–Kier alpha value is -3.02. The topological polar surface area (TPSA) is 84.9 Å². The minimum Gasteiger partial charge on any atom is -0.496 e. The number of carbonyl (C=O) groups is 2. The molecule has 2 atom stereocenters. The molecule has 0 radical (unpaired) electrons. The first kappa shape index (κ1) is 18.8. The Labute approximate surface area is 158 Å². The highest BCUT2D eigenvalue weighted by Gasteiger charge is 2.25. The van der Waals surface area contributed by atoms with Gasteiger partial charge >= 0.3 is 5.97 Å². The number of rotatable bonds is 7. The van der Waals surface area contributed by atoms with Gasteiger partial charge in [-0.3, -0.25) is 4.79 Å². The summed E-state index contributed by atoms with van der Waals surface area (Å²) < 4.78 is 10.8. The van der Waals surface area contributed by atoms with Crippen LogP contribution in [0.5, 0.6) is 11.5 Å². The fourth-order valence-corrected chi connectivity index (χ4v) is 3.36. The highest BCUT2D eigenvalue weighted by molar-refractivity contribution is 5.85. The van der Waals surface area contributed by atoms with Crippen molar-refractivity contribution in [2.45, 2.75) is 31.7 Å². The summed E-state index contributed by atoms with van der Waals surface area (Å²) in [6.07, 6.45) is 0.909. The maximum atomic E-state index is 12.5. The molecule has 2 aromatic carbocycles. The molecule has 0 saturated carbocycles. The van der Waals surface area contributed by atoms with Crippen LogP contribution in [-0.2, 0) is 16.0 Å². The van der Waals surface area contributed by atoms with E-state index in [1.165, 1.54) is 0 Å². The van der Waals surface area contributed by atoms with Crippen LogP contribution in [0.3, 0.4) is 0 Å². The van der Waals surface area contributed by atoms with Crippen LogP contribution in [0, 0.1) is 0 Å². The predicted octanol–water partition coefficient (Wildman–Crippen LogP) is 3.07. The van der Waals surface area contributed by atoms with Gasteiger partial charge < -0.3 is 19.9 Å². The summed E-state index contributed by atoms with van der Waals surface area (Å²) in [5, 5.41) is 12.2. The smallest absolute Gasteiger partial charge is 0.330 e. The number of methoxy groups -OCH3 is 1. The third-order valence-electron chi connectivity index (χ3n) is 4.76. The molecular weight excluding hydrogens is 346 g/mol. The molecule has 2 unspecified atom stereocenters. The summed E-state index contributed by atoms with van der Waals surface area (Å²) in [4.78, 5) is 24.2. The molecule has 0 aromatic heterocycles. The van der Waals surface area contributed by atoms with Gasteiger partial charge in [0.15, 0.2) is 6.04 Å². The summed E-state index contributed by atoms with van der Waals surface area (Å²) in [6, 6.07) is 11.7. The van der Waals surface area contributed by atoms with Gasteiger partial charge in [-0.1, -0.05) is 31.2 Å². The lowest BCUT2D eigenvalue weighted by molar-refractivity contribution is -0.142. The second-order valence-corrected chi connectivity index (χ2v) is 6.65. The van der Waals surface area contributed by atoms with Crippen molar-refractivity contribution in [2.75, 3.05) is 13.7 Å². The second kappa shape index (κ2) is 8.12. The first-order chi connectivity index (χ1) is 13.0. The molecule has 0 saturated heterocycles. The van der Waals surface area contributed by atoms with E-state index in [2.05, 4.69) is 5.32 Å². The zero-order chi connectivity index (χ0) is 19.4. The van der Waals surface area contributed by atoms with Gasteiger partial charge in [0, 0.05) is 12.8 Å². The van der Waals surface area contributed by atoms with E-state index in [-0.39, 0.29) is 18.2 Å². The molecule has 6 nitrogen and oxygen atoms in total. The molecule has 6 heteroatoms. The number of amides is 1. The number of benzene rings is 2. The van der Waals surface area contributed by atoms with Crippen molar-refractivity contribution >= 4 is 11.9 Å². The van der Waals surface area contributed by atoms with E-state index in [0.29, 0.717) is 17.9 Å². The molecule has 142 valence electrons. The Bertz CT molecular complexity index is 848. The third kappa shape index (κ3) is 4.22. The Morgan fingerprint density at radius 1 is 1.26 bits per heavy atom. The number of nitrogens with one attached hydrogen (secondary N) is 1. The number of hydrogen-bond acceptors (Lipinski definition) is 4. The van der Waals surface area contributed by atoms with Gasteiger partial charge in [-0.2, -0.15) is 0 Å². The first-order valence-corrected chi connectivity index (χ1v) is 8.90. The molecule has 3 rings (SSSR count). The number of hydrogen-bond donors (Lipinski definition) is 2. The highest BCUT2D eigenvalue weighted by atomic mass is 16.5. The van der Waals surface area contributed by atoms with Crippen LogP contribution in [-0.4, -0.2) is 30.7 Å². The quantitative estimate of drug-likeness (QED) is 0.783. The van der Waals surface area contributed by atoms with Crippen LogP contribution in [0.1, 0.15) is 42.0 Å². The molecule has 1 amide bonds. The maximum Gasteiger partial charge on any atom is 0.330 e. The summed E-state index contributed by atoms with van der Waals surface area (Å²) in [5.74, 6) is -0.0288. The molecule has 2 N–H and O–H groups in total. The highest BCUT2D eigenvalue weighted by Crippen LogP contribution is 2.30. The average Bonchev–Trinajstić information content (AvgIpc) is 3.13. The number of ether oxygens (including phenoxy) is 2. The second-order valence-electron chi connectivity index (χ2n) is 6.65. The van der Waals surface area contributed by atoms with E-state index in [1.807, 2.05) is 31.2 Å². The molecule has 1 aliphatic rings. The van der Waals surface area contributed by atoms with Crippen molar-refractivity contribution in [3.8, 4) is 11.5 Å². The van der Waals surface area contributed by atoms with Crippen molar-refractivity contribution in [1.29, 1.82) is 0 Å². The Kier molecular flexibility index (Phi) is 5.64. The molecular formula is C21H23NO5. The molecule has 0 spiro atoms. The van der Waals surface area contributed by atoms with Gasteiger partial charge in [0.2, 0.25) is 5.91 Å². The van der Waals surface area contributed by atoms with E-state index in [1.54, 1.807) is 25.3 Å². The fraction of sp³-hybridized carbons (Fsp3) is 0.333. The molecule has 2 aromatic rings. The van der Waals surface area contributed by atoms with Crippen LogP contribution in [0.2, 0.25) is 0 Å². The van der Waals surface area contributed by atoms with Crippen molar-refractivity contribution in [1.82, 2.24) is 5.32 Å². The normalized spacial score (nSPS) is 14.6. The maximum absolute atomic E-state index is 12.5. The third-order valence-corrected chi connectivity index (χ3v) is 4.76. The lowest BCUT2D eigenvalue weighted by atomic mass is 9.96. The molecule has 1 aliphatic heterocycles. The van der Waals surface area contributed by atoms with Crippen LogP contribution in [0.25, 0.3) is 0 Å². The summed E-state index contributed by atoms with van der Waals surface area (Å²) in [6.45, 7) is 2.51. The zero-order valence-corrected chi connectivity index (χ0v) is 15.4. The number of carbonyl (C=O) groups excluding carboxylic acids is 1. The minimum atomic E-state index is -1.09. The summed E-state index contributed by atoms with van der Waals surface area (Å²) in [7, 11) is 1.59. The number of aliphatic carboxylic acids is 1. The van der Waals surface area contributed by atoms with Crippen molar-refractivity contribution < 1.29 is 24.2 Å². The molecule has 27 heavy (non-hydrogen) atoms. The van der Waals surface area contributed by atoms with Gasteiger partial charge in [-0.15, -0.1) is 0 Å². The Morgan fingerprint density at radius 3 is 2.78 bits per heavy atom. The van der Waals surface area contributed by atoms with Crippen LogP contribution in [0.4, 0.5) is 0 Å². The summed E-state index contributed by atoms with van der Waals surface area (Å²) in [5.41, 5.74) is 2.43. The van der Waals surface area contributed by atoms with E-state index in [4.69, 9.17) is 9.47 Å². The zero-order valence-electron chi connectivity index (χ0n) is 15.4. The average molecular weight is 369 g/mol. The Morgan fingerprint density at radius 2 is 2.04 bits per heavy atom. The number of carboxylic acids is 1. The lowest BCUT2D eigenvalue weighted by Gasteiger charge is -2.19. The van der Waals surface area contributed by atoms with Crippen LogP contribution in [0.15, 0.2) is 42.5 Å². The molecule has 0 fully saturated rings. The van der Waals surface area contributed by atoms with E-state index < -0.39 is 12.0 Å². The molecule has 1 heterocycles. The van der Waals surface area contributed by atoms with E-state index >= 15 is 0 Å². The summed E-state index contributed by atoms with van der Waals surface area (Å²) >= 11 is 0. The number of para-hydroxylation sites is 1. The van der Waals surface area contributed by atoms with Crippen molar-refractivity contribution in [3.63, 3.8) is 0 Å². The lowest BCUT2D eigenvalue weighted by Crippen LogP contribution is -2.34. The number of fused-ring (bicyclic) bond motifs is 1. The Balaban J connectivity index is 1.71. The monoisotopic (exact) mass is 369 g/mol. The first-order valence-electron chi connectivity index (χ1n) is 8.90. The van der Waals surface area contributed by atoms with Gasteiger partial charge in [-0.05, 0) is 40.8 Å². The fourth-order valence-electron chi connectivity index (χ4n) is 3.36. The van der Waals surface area contributed by atoms with E-state index in [9.17, 15) is 14.7 Å². The molecule has 0 aliphatic carbocycles. The van der Waals surface area contributed by atoms with E-state index in [0.717, 1.165) is 23.3 Å². The minimum absolute atomic E-state index is 0.107. The SMILES string of the molecule is COc1ccccc1C(C)CC(=O)NC(C(=O)O)c1ccc2c(c1)CCO2. The van der Waals surface area contributed by atoms with Gasteiger partial charge in [-0.25, -0.2) is 4.79 Å². The van der Waals surface area contributed by atoms with Crippen molar-refractivity contribution in [3.05, 3.63) is 59.2 Å². The molecule has 0 bridgehead atoms. The number of carboxylic acid groups (broad SMARTS) is 1. The van der Waals surface area contributed by atoms with Crippen LogP contribution < -0.4 is 14.8 Å². The van der Waals surface area contributed by atoms with Gasteiger partial charge in [0.25, 0.3) is 0 Å². The predicted molar refractivity (Wildman–Crippen MR) is 100 cm³/mol. The van der Waals surface area contributed by atoms with Crippen molar-refractivity contribution in [2.24, 2.45) is 0 Å². The van der Waals surface area contributed by atoms with Gasteiger partial charge in [0.05, 0.1) is 13.7 Å². The largest absolute Gasteiger partial charge is 0.496 e. The van der Waals surface area contributed by atoms with Gasteiger partial charge in [0.1, 0.15) is 11.5 Å².